The Balaban J connectivity index is 2.85. The second kappa shape index (κ2) is 1.89. The van der Waals surface area contributed by atoms with E-state index in [0.717, 1.165) is 0 Å². The van der Waals surface area contributed by atoms with Crippen molar-refractivity contribution < 1.29 is 0 Å². The first kappa shape index (κ1) is 9.22. The van der Waals surface area contributed by atoms with Crippen LogP contribution in [0.25, 0.3) is 0 Å². The summed E-state index contributed by atoms with van der Waals surface area (Å²) >= 11 is 2.16. The third kappa shape index (κ3) is 2.64. The van der Waals surface area contributed by atoms with Gasteiger partial charge < -0.3 is 0 Å². The van der Waals surface area contributed by atoms with Crippen molar-refractivity contribution >= 4 is 35.3 Å². The number of hydrogen-bond donors (Lipinski definition) is 0. The second-order valence-electron chi connectivity index (χ2n) is 5.32. The van der Waals surface area contributed by atoms with Crippen LogP contribution in [0, 0.1) is 0 Å². The van der Waals surface area contributed by atoms with E-state index in [9.17, 15) is 0 Å². The molecule has 1 rings (SSSR count). The molecule has 0 N–H and O–H groups in total. The van der Waals surface area contributed by atoms with E-state index in [0.29, 0.717) is 0 Å². The van der Waals surface area contributed by atoms with E-state index in [-0.39, 0.29) is 0 Å². The van der Waals surface area contributed by atoms with Crippen LogP contribution < -0.4 is 0 Å². The molecule has 1 saturated heterocycles. The molecule has 1 aliphatic heterocycles. The highest BCUT2D eigenvalue weighted by atomic mass is 32.6. The van der Waals surface area contributed by atoms with Crippen LogP contribution in [0.2, 0.25) is 0 Å². The first-order valence-corrected chi connectivity index (χ1v) is 13.1. The molecule has 10 heavy (non-hydrogen) atoms. The maximum atomic E-state index is 2.55. The molecule has 0 saturated carbocycles. The average Bonchev–Trinajstić information content (AvgIpc) is 1.60. The SMILES string of the molecule is CS1(C)(C)(C)CCS[Si][Si]1. The molecule has 0 atom stereocenters. The third-order valence-corrected chi connectivity index (χ3v) is 23.3. The Morgan fingerprint density at radius 2 is 1.80 bits per heavy atom. The maximum absolute atomic E-state index is 2.55. The Hall–Kier alpha value is 1.13. The first-order chi connectivity index (χ1) is 4.21. The molecule has 0 bridgehead atoms. The van der Waals surface area contributed by atoms with Gasteiger partial charge in [-0.1, -0.05) is 0 Å². The molecule has 0 nitrogen and oxygen atoms in total. The van der Waals surface area contributed by atoms with Gasteiger partial charge in [-0.05, 0) is 36.5 Å². The normalized spacial score (nSPS) is 42.0. The summed E-state index contributed by atoms with van der Waals surface area (Å²) in [5.41, 5.74) is 0. The van der Waals surface area contributed by atoms with Crippen LogP contribution in [0.4, 0.5) is 0 Å². The average molecular weight is 208 g/mol. The van der Waals surface area contributed by atoms with Gasteiger partial charge in [0.05, 0.1) is 8.19 Å². The predicted octanol–water partition coefficient (Wildman–Crippen LogP) is 1.28. The fourth-order valence-electron chi connectivity index (χ4n) is 0.744. The van der Waals surface area contributed by atoms with Gasteiger partial charge in [-0.3, -0.25) is 7.74 Å². The van der Waals surface area contributed by atoms with Crippen molar-refractivity contribution in [1.82, 2.24) is 0 Å². The van der Waals surface area contributed by atoms with E-state index < -0.39 is 7.74 Å². The van der Waals surface area contributed by atoms with E-state index >= 15 is 0 Å². The summed E-state index contributed by atoms with van der Waals surface area (Å²) in [4.78, 5) is 0. The molecule has 0 unspecified atom stereocenters. The van der Waals surface area contributed by atoms with Gasteiger partial charge in [0.25, 0.3) is 0 Å². The van der Waals surface area contributed by atoms with Crippen LogP contribution in [0.5, 0.6) is 0 Å². The Kier molecular flexibility index (Phi) is 1.75. The van der Waals surface area contributed by atoms with Crippen molar-refractivity contribution in [2.45, 2.75) is 0 Å². The van der Waals surface area contributed by atoms with Gasteiger partial charge in [0.1, 0.15) is 8.19 Å². The molecule has 0 aromatic rings. The summed E-state index contributed by atoms with van der Waals surface area (Å²) in [6.07, 6.45) is 10.2. The lowest BCUT2D eigenvalue weighted by Gasteiger charge is -2.70. The predicted molar refractivity (Wildman–Crippen MR) is 60.1 cm³/mol. The summed E-state index contributed by atoms with van der Waals surface area (Å²) in [5.74, 6) is 2.89. The summed E-state index contributed by atoms with van der Waals surface area (Å²) in [6, 6.07) is 0. The molecule has 1 fully saturated rings. The van der Waals surface area contributed by atoms with Gasteiger partial charge in [-0.2, -0.15) is 11.2 Å². The highest BCUT2D eigenvalue weighted by Gasteiger charge is 2.44. The van der Waals surface area contributed by atoms with Crippen LogP contribution in [0.3, 0.4) is 0 Å². The Labute approximate surface area is 71.9 Å². The van der Waals surface area contributed by atoms with Crippen molar-refractivity contribution in [3.63, 3.8) is 0 Å². The molecular weight excluding hydrogens is 192 g/mol. The maximum Gasteiger partial charge on any atom is 0.116 e. The monoisotopic (exact) mass is 208 g/mol. The quantitative estimate of drug-likeness (QED) is 0.541. The van der Waals surface area contributed by atoms with Gasteiger partial charge in [0, 0.05) is 0 Å². The molecular formula is C6H16S2Si2. The van der Waals surface area contributed by atoms with E-state index in [1.165, 1.54) is 27.9 Å². The molecule has 4 heteroatoms. The van der Waals surface area contributed by atoms with Crippen molar-refractivity contribution in [2.75, 3.05) is 36.5 Å². The van der Waals surface area contributed by atoms with Crippen molar-refractivity contribution in [1.29, 1.82) is 0 Å². The van der Waals surface area contributed by atoms with Crippen LogP contribution in [-0.4, -0.2) is 52.9 Å². The van der Waals surface area contributed by atoms with Crippen molar-refractivity contribution in [2.24, 2.45) is 0 Å². The van der Waals surface area contributed by atoms with Crippen molar-refractivity contribution in [3.05, 3.63) is 0 Å². The zero-order chi connectivity index (χ0) is 7.94. The van der Waals surface area contributed by atoms with Gasteiger partial charge >= 0.3 is 0 Å². The minimum absolute atomic E-state index is 1.19. The molecule has 0 aromatic carbocycles. The summed E-state index contributed by atoms with van der Waals surface area (Å²) in [7, 11) is 0.979. The minimum atomic E-state index is -1.46. The van der Waals surface area contributed by atoms with Gasteiger partial charge in [0.2, 0.25) is 0 Å². The Morgan fingerprint density at radius 3 is 2.00 bits per heavy atom. The minimum Gasteiger partial charge on any atom is -0.293 e. The van der Waals surface area contributed by atoms with E-state index in [1.807, 2.05) is 0 Å². The summed E-state index contributed by atoms with van der Waals surface area (Å²) in [6.45, 7) is 0. The van der Waals surface area contributed by atoms with Crippen LogP contribution in [-0.2, 0) is 0 Å². The van der Waals surface area contributed by atoms with E-state index in [1.54, 1.807) is 0 Å². The first-order valence-electron chi connectivity index (χ1n) is 3.37. The molecule has 0 spiro atoms. The van der Waals surface area contributed by atoms with Gasteiger partial charge in [0.15, 0.2) is 0 Å². The lowest BCUT2D eigenvalue weighted by molar-refractivity contribution is 1.48. The van der Waals surface area contributed by atoms with Gasteiger partial charge in [-0.25, -0.2) is 0 Å². The molecule has 4 radical (unpaired) electrons. The highest BCUT2D eigenvalue weighted by Crippen LogP contribution is 2.77. The van der Waals surface area contributed by atoms with Crippen LogP contribution >= 0.6 is 19.0 Å². The van der Waals surface area contributed by atoms with Crippen molar-refractivity contribution in [3.8, 4) is 0 Å². The smallest absolute Gasteiger partial charge is 0.116 e. The fourth-order valence-corrected chi connectivity index (χ4v) is 26.3. The lowest BCUT2D eigenvalue weighted by atomic mass is 11.0. The summed E-state index contributed by atoms with van der Waals surface area (Å²) in [5, 5.41) is 0. The van der Waals surface area contributed by atoms with E-state index in [2.05, 4.69) is 36.2 Å². The second-order valence-corrected chi connectivity index (χ2v) is 27.5. The largest absolute Gasteiger partial charge is 0.293 e. The molecule has 0 aromatic heterocycles. The summed E-state index contributed by atoms with van der Waals surface area (Å²) < 4.78 is 0. The molecule has 60 valence electrons. The Bertz CT molecular complexity index is 143. The van der Waals surface area contributed by atoms with Gasteiger partial charge in [-0.15, -0.1) is 0 Å². The standard InChI is InChI=1S/C6H16S2Si2/c1-8(2,3,4)6-5-7-9-10-8/h5-6H2,1-4H3. The zero-order valence-electron chi connectivity index (χ0n) is 7.23. The van der Waals surface area contributed by atoms with Crippen LogP contribution in [0.1, 0.15) is 0 Å². The fraction of sp³-hybridized carbons (Fsp3) is 1.00. The molecule has 0 amide bonds. The highest BCUT2D eigenvalue weighted by molar-refractivity contribution is 8.82. The molecule has 0 aliphatic carbocycles. The Morgan fingerprint density at radius 1 is 1.20 bits per heavy atom. The third-order valence-electron chi connectivity index (χ3n) is 1.70. The van der Waals surface area contributed by atoms with Crippen LogP contribution in [0.15, 0.2) is 0 Å². The topological polar surface area (TPSA) is 0 Å². The number of rotatable bonds is 0. The molecule has 1 heterocycles. The lowest BCUT2D eigenvalue weighted by Crippen LogP contribution is -2.46. The zero-order valence-corrected chi connectivity index (χ0v) is 10.9. The molecule has 1 aliphatic rings. The van der Waals surface area contributed by atoms with E-state index in [4.69, 9.17) is 0 Å². The number of hydrogen-bond acceptors (Lipinski definition) is 1.